The van der Waals surface area contributed by atoms with Gasteiger partial charge in [-0.3, -0.25) is 0 Å². The summed E-state index contributed by atoms with van der Waals surface area (Å²) in [7, 11) is 0. The van der Waals surface area contributed by atoms with Gasteiger partial charge in [-0.15, -0.1) is 0 Å². The molecule has 2 N–H and O–H groups in total. The zero-order chi connectivity index (χ0) is 10.4. The Morgan fingerprint density at radius 2 is 2.07 bits per heavy atom. The fourth-order valence-electron chi connectivity index (χ4n) is 1.23. The first kappa shape index (κ1) is 11.5. The molecular weight excluding hydrogens is 197 g/mol. The quantitative estimate of drug-likeness (QED) is 0.761. The monoisotopic (exact) mass is 213 g/mol. The summed E-state index contributed by atoms with van der Waals surface area (Å²) < 4.78 is 13.6. The molecule has 0 atom stereocenters. The number of halogens is 1. The molecule has 0 fully saturated rings. The van der Waals surface area contributed by atoms with Crippen LogP contribution in [-0.4, -0.2) is 5.75 Å². The highest BCUT2D eigenvalue weighted by Crippen LogP contribution is 2.18. The van der Waals surface area contributed by atoms with Crippen molar-refractivity contribution in [1.29, 1.82) is 0 Å². The third-order valence-corrected chi connectivity index (χ3v) is 3.20. The van der Waals surface area contributed by atoms with Crippen LogP contribution >= 0.6 is 11.8 Å². The Kier molecular flexibility index (Phi) is 4.98. The SMILES string of the molecule is CCCSCc1cccc(CN)c1F. The zero-order valence-corrected chi connectivity index (χ0v) is 9.24. The van der Waals surface area contributed by atoms with Gasteiger partial charge in [0.2, 0.25) is 0 Å². The first-order valence-corrected chi connectivity index (χ1v) is 5.99. The van der Waals surface area contributed by atoms with Crippen molar-refractivity contribution in [3.8, 4) is 0 Å². The second kappa shape index (κ2) is 6.04. The number of hydrogen-bond acceptors (Lipinski definition) is 2. The van der Waals surface area contributed by atoms with Crippen molar-refractivity contribution < 1.29 is 4.39 Å². The van der Waals surface area contributed by atoms with Crippen LogP contribution in [0.15, 0.2) is 18.2 Å². The predicted molar refractivity (Wildman–Crippen MR) is 60.7 cm³/mol. The van der Waals surface area contributed by atoms with Gasteiger partial charge in [-0.2, -0.15) is 11.8 Å². The van der Waals surface area contributed by atoms with E-state index in [1.165, 1.54) is 0 Å². The molecule has 0 heterocycles. The van der Waals surface area contributed by atoms with Gasteiger partial charge in [-0.25, -0.2) is 4.39 Å². The highest BCUT2D eigenvalue weighted by atomic mass is 32.2. The topological polar surface area (TPSA) is 26.0 Å². The average Bonchev–Trinajstić information content (AvgIpc) is 2.21. The fourth-order valence-corrected chi connectivity index (χ4v) is 2.10. The molecule has 1 aromatic rings. The molecule has 3 heteroatoms. The number of thioether (sulfide) groups is 1. The lowest BCUT2D eigenvalue weighted by Crippen LogP contribution is -2.02. The smallest absolute Gasteiger partial charge is 0.131 e. The van der Waals surface area contributed by atoms with Crippen molar-refractivity contribution in [2.75, 3.05) is 5.75 Å². The van der Waals surface area contributed by atoms with Gasteiger partial charge >= 0.3 is 0 Å². The largest absolute Gasteiger partial charge is 0.326 e. The maximum Gasteiger partial charge on any atom is 0.131 e. The van der Waals surface area contributed by atoms with Crippen LogP contribution in [0.5, 0.6) is 0 Å². The molecule has 0 bridgehead atoms. The summed E-state index contributed by atoms with van der Waals surface area (Å²) in [6, 6.07) is 5.44. The highest BCUT2D eigenvalue weighted by Gasteiger charge is 2.05. The number of rotatable bonds is 5. The van der Waals surface area contributed by atoms with Gasteiger partial charge in [0.25, 0.3) is 0 Å². The summed E-state index contributed by atoms with van der Waals surface area (Å²) in [6.07, 6.45) is 1.13. The summed E-state index contributed by atoms with van der Waals surface area (Å²) >= 11 is 1.76. The molecule has 0 saturated carbocycles. The van der Waals surface area contributed by atoms with Gasteiger partial charge in [0.15, 0.2) is 0 Å². The number of benzene rings is 1. The number of nitrogens with two attached hydrogens (primary N) is 1. The van der Waals surface area contributed by atoms with Gasteiger partial charge in [0, 0.05) is 17.9 Å². The van der Waals surface area contributed by atoms with Crippen LogP contribution in [0.2, 0.25) is 0 Å². The van der Waals surface area contributed by atoms with Gasteiger partial charge < -0.3 is 5.73 Å². The Morgan fingerprint density at radius 1 is 1.36 bits per heavy atom. The number of hydrogen-bond donors (Lipinski definition) is 1. The predicted octanol–water partition coefficient (Wildman–Crippen LogP) is 2.93. The van der Waals surface area contributed by atoms with E-state index in [2.05, 4.69) is 6.92 Å². The van der Waals surface area contributed by atoms with Gasteiger partial charge in [0.1, 0.15) is 5.82 Å². The van der Waals surface area contributed by atoms with Crippen molar-refractivity contribution in [3.05, 3.63) is 35.1 Å². The van der Waals surface area contributed by atoms with E-state index in [-0.39, 0.29) is 12.4 Å². The van der Waals surface area contributed by atoms with Crippen LogP contribution in [0.4, 0.5) is 4.39 Å². The molecule has 0 aliphatic heterocycles. The Balaban J connectivity index is 2.66. The molecule has 0 spiro atoms. The summed E-state index contributed by atoms with van der Waals surface area (Å²) in [4.78, 5) is 0. The third-order valence-electron chi connectivity index (χ3n) is 1.98. The minimum atomic E-state index is -0.126. The van der Waals surface area contributed by atoms with E-state index < -0.39 is 0 Å². The molecule has 0 amide bonds. The molecule has 0 unspecified atom stereocenters. The minimum Gasteiger partial charge on any atom is -0.326 e. The Hall–Kier alpha value is -0.540. The average molecular weight is 213 g/mol. The first-order valence-electron chi connectivity index (χ1n) is 4.83. The summed E-state index contributed by atoms with van der Waals surface area (Å²) in [5.41, 5.74) is 6.81. The Morgan fingerprint density at radius 3 is 2.71 bits per heavy atom. The van der Waals surface area contributed by atoms with E-state index in [0.717, 1.165) is 23.5 Å². The van der Waals surface area contributed by atoms with E-state index >= 15 is 0 Å². The van der Waals surface area contributed by atoms with E-state index in [1.54, 1.807) is 17.8 Å². The van der Waals surface area contributed by atoms with Crippen molar-refractivity contribution in [2.45, 2.75) is 25.6 Å². The van der Waals surface area contributed by atoms with E-state index in [0.29, 0.717) is 5.56 Å². The van der Waals surface area contributed by atoms with Crippen LogP contribution in [0.3, 0.4) is 0 Å². The Bertz CT molecular complexity index is 289. The molecule has 0 aliphatic carbocycles. The van der Waals surface area contributed by atoms with Crippen molar-refractivity contribution in [2.24, 2.45) is 5.73 Å². The van der Waals surface area contributed by atoms with Crippen molar-refractivity contribution >= 4 is 11.8 Å². The molecular formula is C11H16FNS. The maximum atomic E-state index is 13.6. The fraction of sp³-hybridized carbons (Fsp3) is 0.455. The molecule has 14 heavy (non-hydrogen) atoms. The van der Waals surface area contributed by atoms with E-state index in [4.69, 9.17) is 5.73 Å². The molecule has 0 aromatic heterocycles. The third kappa shape index (κ3) is 3.00. The van der Waals surface area contributed by atoms with Crippen LogP contribution < -0.4 is 5.73 Å². The second-order valence-electron chi connectivity index (χ2n) is 3.15. The molecule has 1 aromatic carbocycles. The zero-order valence-electron chi connectivity index (χ0n) is 8.42. The second-order valence-corrected chi connectivity index (χ2v) is 4.25. The Labute approximate surface area is 88.9 Å². The lowest BCUT2D eigenvalue weighted by molar-refractivity contribution is 0.600. The van der Waals surface area contributed by atoms with Gasteiger partial charge in [0.05, 0.1) is 0 Å². The molecule has 0 radical (unpaired) electrons. The molecule has 1 nitrogen and oxygen atoms in total. The summed E-state index contributed by atoms with van der Waals surface area (Å²) in [5, 5.41) is 0. The lowest BCUT2D eigenvalue weighted by Gasteiger charge is -2.06. The summed E-state index contributed by atoms with van der Waals surface area (Å²) in [5.74, 6) is 1.69. The lowest BCUT2D eigenvalue weighted by atomic mass is 10.1. The van der Waals surface area contributed by atoms with E-state index in [9.17, 15) is 4.39 Å². The van der Waals surface area contributed by atoms with Crippen LogP contribution in [0, 0.1) is 5.82 Å². The highest BCUT2D eigenvalue weighted by molar-refractivity contribution is 7.98. The standard InChI is InChI=1S/C11H16FNS/c1-2-6-14-8-10-5-3-4-9(7-13)11(10)12/h3-5H,2,6-8,13H2,1H3. The van der Waals surface area contributed by atoms with Crippen LogP contribution in [0.1, 0.15) is 24.5 Å². The first-order chi connectivity index (χ1) is 6.79. The normalized spacial score (nSPS) is 10.5. The van der Waals surface area contributed by atoms with Gasteiger partial charge in [-0.05, 0) is 17.7 Å². The van der Waals surface area contributed by atoms with Crippen molar-refractivity contribution in [1.82, 2.24) is 0 Å². The van der Waals surface area contributed by atoms with Crippen molar-refractivity contribution in [3.63, 3.8) is 0 Å². The molecule has 1 rings (SSSR count). The minimum absolute atomic E-state index is 0.126. The molecule has 78 valence electrons. The van der Waals surface area contributed by atoms with Gasteiger partial charge in [-0.1, -0.05) is 25.1 Å². The summed E-state index contributed by atoms with van der Waals surface area (Å²) in [6.45, 7) is 2.40. The van der Waals surface area contributed by atoms with Crippen LogP contribution in [0.25, 0.3) is 0 Å². The van der Waals surface area contributed by atoms with E-state index in [1.807, 2.05) is 12.1 Å². The molecule has 0 aliphatic rings. The van der Waals surface area contributed by atoms with Crippen LogP contribution in [-0.2, 0) is 12.3 Å². The molecule has 0 saturated heterocycles. The maximum absolute atomic E-state index is 13.6.